The molecule has 0 N–H and O–H groups in total. The summed E-state index contributed by atoms with van der Waals surface area (Å²) in [5.41, 5.74) is 2.08. The van der Waals surface area contributed by atoms with E-state index in [9.17, 15) is 9.59 Å². The zero-order valence-electron chi connectivity index (χ0n) is 11.3. The summed E-state index contributed by atoms with van der Waals surface area (Å²) in [7, 11) is 0. The molecule has 2 heteroatoms. The molecule has 0 bridgehead atoms. The summed E-state index contributed by atoms with van der Waals surface area (Å²) >= 11 is 0. The van der Waals surface area contributed by atoms with Gasteiger partial charge in [0.05, 0.1) is 0 Å². The quantitative estimate of drug-likeness (QED) is 0.710. The molecular weight excluding hydrogens is 224 g/mol. The van der Waals surface area contributed by atoms with Crippen molar-refractivity contribution < 1.29 is 9.59 Å². The smallest absolute Gasteiger partial charge is 0.147 e. The van der Waals surface area contributed by atoms with Gasteiger partial charge in [0, 0.05) is 12.8 Å². The van der Waals surface area contributed by atoms with Crippen LogP contribution in [0.15, 0.2) is 24.3 Å². The van der Waals surface area contributed by atoms with Crippen LogP contribution in [-0.2, 0) is 15.0 Å². The fourth-order valence-electron chi connectivity index (χ4n) is 2.46. The number of Topliss-reactive ketones (excluding diaryl/α,β-unsaturated/α-hetero) is 2. The van der Waals surface area contributed by atoms with Crippen molar-refractivity contribution in [3.63, 3.8) is 0 Å². The molecule has 0 aliphatic heterocycles. The molecule has 0 radical (unpaired) electrons. The van der Waals surface area contributed by atoms with Gasteiger partial charge in [-0.15, -0.1) is 0 Å². The van der Waals surface area contributed by atoms with E-state index >= 15 is 0 Å². The third-order valence-corrected chi connectivity index (χ3v) is 3.58. The van der Waals surface area contributed by atoms with Gasteiger partial charge in [-0.25, -0.2) is 0 Å². The van der Waals surface area contributed by atoms with Crippen LogP contribution in [0.4, 0.5) is 0 Å². The Morgan fingerprint density at radius 3 is 2.22 bits per heavy atom. The lowest BCUT2D eigenvalue weighted by Crippen LogP contribution is -2.26. The van der Waals surface area contributed by atoms with E-state index in [1.54, 1.807) is 0 Å². The molecule has 2 nitrogen and oxygen atoms in total. The van der Waals surface area contributed by atoms with E-state index in [2.05, 4.69) is 26.8 Å². The van der Waals surface area contributed by atoms with Crippen molar-refractivity contribution >= 4 is 11.6 Å². The van der Waals surface area contributed by atoms with E-state index in [0.29, 0.717) is 19.3 Å². The lowest BCUT2D eigenvalue weighted by molar-refractivity contribution is -0.131. The van der Waals surface area contributed by atoms with Crippen molar-refractivity contribution in [3.05, 3.63) is 35.4 Å². The van der Waals surface area contributed by atoms with Crippen LogP contribution < -0.4 is 0 Å². The number of hydrogen-bond donors (Lipinski definition) is 0. The Bertz CT molecular complexity index is 464. The van der Waals surface area contributed by atoms with Gasteiger partial charge in [0.15, 0.2) is 0 Å². The van der Waals surface area contributed by atoms with Gasteiger partial charge in [-0.1, -0.05) is 45.0 Å². The van der Waals surface area contributed by atoms with Crippen molar-refractivity contribution in [2.45, 2.75) is 51.4 Å². The van der Waals surface area contributed by atoms with Gasteiger partial charge in [-0.3, -0.25) is 9.59 Å². The van der Waals surface area contributed by atoms with Crippen LogP contribution in [0, 0.1) is 0 Å². The number of carbonyl (C=O) groups is 2. The Kier molecular flexibility index (Phi) is 3.38. The third-order valence-electron chi connectivity index (χ3n) is 3.58. The fraction of sp³-hybridized carbons (Fsp3) is 0.500. The summed E-state index contributed by atoms with van der Waals surface area (Å²) in [6.45, 7) is 6.41. The molecule has 96 valence electrons. The molecule has 1 aromatic rings. The second-order valence-electron chi connectivity index (χ2n) is 6.09. The first kappa shape index (κ1) is 13.0. The van der Waals surface area contributed by atoms with E-state index in [-0.39, 0.29) is 17.0 Å². The summed E-state index contributed by atoms with van der Waals surface area (Å²) in [5, 5.41) is 0. The lowest BCUT2D eigenvalue weighted by atomic mass is 9.79. The molecule has 0 spiro atoms. The molecule has 18 heavy (non-hydrogen) atoms. The summed E-state index contributed by atoms with van der Waals surface area (Å²) < 4.78 is 0. The van der Waals surface area contributed by atoms with Crippen molar-refractivity contribution in [2.24, 2.45) is 0 Å². The molecule has 1 fully saturated rings. The molecule has 2 rings (SSSR count). The topological polar surface area (TPSA) is 34.1 Å². The average molecular weight is 244 g/mol. The van der Waals surface area contributed by atoms with E-state index in [1.807, 2.05) is 18.2 Å². The monoisotopic (exact) mass is 244 g/mol. The number of rotatable bonds is 1. The highest BCUT2D eigenvalue weighted by Crippen LogP contribution is 2.30. The Morgan fingerprint density at radius 2 is 1.67 bits per heavy atom. The van der Waals surface area contributed by atoms with Gasteiger partial charge in [0.2, 0.25) is 0 Å². The van der Waals surface area contributed by atoms with Crippen molar-refractivity contribution in [3.8, 4) is 0 Å². The molecule has 0 atom stereocenters. The first-order valence-electron chi connectivity index (χ1n) is 6.55. The van der Waals surface area contributed by atoms with Crippen molar-refractivity contribution in [2.75, 3.05) is 0 Å². The summed E-state index contributed by atoms with van der Waals surface area (Å²) in [6, 6.07) is 7.93. The van der Waals surface area contributed by atoms with Gasteiger partial charge in [0.1, 0.15) is 17.5 Å². The van der Waals surface area contributed by atoms with Gasteiger partial charge >= 0.3 is 0 Å². The van der Waals surface area contributed by atoms with Crippen LogP contribution in [0.3, 0.4) is 0 Å². The average Bonchev–Trinajstić information content (AvgIpc) is 2.28. The number of benzene rings is 1. The predicted octanol–water partition coefficient (Wildman–Crippen LogP) is 3.39. The second kappa shape index (κ2) is 4.68. The Labute approximate surface area is 108 Å². The Hall–Kier alpha value is -1.44. The predicted molar refractivity (Wildman–Crippen MR) is 71.7 cm³/mol. The Morgan fingerprint density at radius 1 is 1.06 bits per heavy atom. The zero-order valence-corrected chi connectivity index (χ0v) is 11.3. The zero-order chi connectivity index (χ0) is 13.3. The number of carbonyl (C=O) groups excluding carboxylic acids is 2. The highest BCUT2D eigenvalue weighted by atomic mass is 16.2. The second-order valence-corrected chi connectivity index (χ2v) is 6.09. The molecule has 1 aliphatic carbocycles. The SMILES string of the molecule is CC(C)(C)c1cccc(C2C(=O)CCCC2=O)c1. The maximum absolute atomic E-state index is 11.9. The van der Waals surface area contributed by atoms with Gasteiger partial charge in [-0.05, 0) is 23.0 Å². The molecule has 0 amide bonds. The molecule has 0 heterocycles. The van der Waals surface area contributed by atoms with Crippen LogP contribution >= 0.6 is 0 Å². The molecule has 1 aromatic carbocycles. The molecule has 0 saturated heterocycles. The minimum absolute atomic E-state index is 0.0385. The van der Waals surface area contributed by atoms with E-state index < -0.39 is 5.92 Å². The van der Waals surface area contributed by atoms with Gasteiger partial charge < -0.3 is 0 Å². The lowest BCUT2D eigenvalue weighted by Gasteiger charge is -2.23. The standard InChI is InChI=1S/C16H20O2/c1-16(2,3)12-7-4-6-11(10-12)15-13(17)8-5-9-14(15)18/h4,6-7,10,15H,5,8-9H2,1-3H3. The third kappa shape index (κ3) is 2.53. The van der Waals surface area contributed by atoms with Crippen LogP contribution in [0.5, 0.6) is 0 Å². The molecular formula is C16H20O2. The van der Waals surface area contributed by atoms with Crippen LogP contribution in [-0.4, -0.2) is 11.6 Å². The fourth-order valence-corrected chi connectivity index (χ4v) is 2.46. The molecule has 1 saturated carbocycles. The van der Waals surface area contributed by atoms with Crippen molar-refractivity contribution in [1.82, 2.24) is 0 Å². The van der Waals surface area contributed by atoms with Crippen LogP contribution in [0.25, 0.3) is 0 Å². The first-order valence-corrected chi connectivity index (χ1v) is 6.55. The number of hydrogen-bond acceptors (Lipinski definition) is 2. The van der Waals surface area contributed by atoms with E-state index in [0.717, 1.165) is 5.56 Å². The molecule has 1 aliphatic rings. The largest absolute Gasteiger partial charge is 0.299 e. The first-order chi connectivity index (χ1) is 8.39. The summed E-state index contributed by atoms with van der Waals surface area (Å²) in [5.74, 6) is -0.351. The summed E-state index contributed by atoms with van der Waals surface area (Å²) in [4.78, 5) is 23.9. The van der Waals surface area contributed by atoms with Gasteiger partial charge in [-0.2, -0.15) is 0 Å². The molecule has 0 unspecified atom stereocenters. The molecule has 0 aromatic heterocycles. The summed E-state index contributed by atoms with van der Waals surface area (Å²) in [6.07, 6.45) is 1.79. The minimum Gasteiger partial charge on any atom is -0.299 e. The van der Waals surface area contributed by atoms with Crippen molar-refractivity contribution in [1.29, 1.82) is 0 Å². The highest BCUT2D eigenvalue weighted by Gasteiger charge is 2.31. The van der Waals surface area contributed by atoms with Crippen LogP contribution in [0.2, 0.25) is 0 Å². The maximum Gasteiger partial charge on any atom is 0.147 e. The number of ketones is 2. The maximum atomic E-state index is 11.9. The minimum atomic E-state index is -0.513. The van der Waals surface area contributed by atoms with Crippen LogP contribution in [0.1, 0.15) is 57.1 Å². The van der Waals surface area contributed by atoms with Gasteiger partial charge in [0.25, 0.3) is 0 Å². The van der Waals surface area contributed by atoms with E-state index in [4.69, 9.17) is 0 Å². The Balaban J connectivity index is 2.38. The normalized spacial score (nSPS) is 18.2. The highest BCUT2D eigenvalue weighted by molar-refractivity contribution is 6.09. The van der Waals surface area contributed by atoms with E-state index in [1.165, 1.54) is 5.56 Å².